The second-order valence-corrected chi connectivity index (χ2v) is 3.92. The van der Waals surface area contributed by atoms with Crippen LogP contribution in [0.1, 0.15) is 9.67 Å². The average Bonchev–Trinajstić information content (AvgIpc) is 2.46. The molecule has 0 N–H and O–H groups in total. The zero-order valence-corrected chi connectivity index (χ0v) is 7.52. The second kappa shape index (κ2) is 2.75. The molecule has 0 spiro atoms. The highest BCUT2D eigenvalue weighted by Crippen LogP contribution is 2.22. The lowest BCUT2D eigenvalue weighted by molar-refractivity contribution is 0.112. The van der Waals surface area contributed by atoms with Crippen LogP contribution in [0.5, 0.6) is 0 Å². The molecule has 0 aliphatic carbocycles. The van der Waals surface area contributed by atoms with E-state index in [0.717, 1.165) is 16.5 Å². The van der Waals surface area contributed by atoms with Gasteiger partial charge in [-0.25, -0.2) is 0 Å². The molecule has 0 fully saturated rings. The maximum Gasteiger partial charge on any atom is 0.160 e. The lowest BCUT2D eigenvalue weighted by Crippen LogP contribution is -1.98. The van der Waals surface area contributed by atoms with Crippen molar-refractivity contribution in [3.05, 3.63) is 29.1 Å². The molecule has 1 nitrogen and oxygen atoms in total. The number of thiophene rings is 1. The first-order chi connectivity index (χ1) is 5.79. The Morgan fingerprint density at radius 1 is 1.33 bits per heavy atom. The van der Waals surface area contributed by atoms with Gasteiger partial charge in [-0.05, 0) is 11.5 Å². The summed E-state index contributed by atoms with van der Waals surface area (Å²) in [6.45, 7) is 0. The SMILES string of the molecule is Bc1ccc2cc(C=O)sc2c1. The fourth-order valence-corrected chi connectivity index (χ4v) is 2.19. The Kier molecular flexibility index (Phi) is 1.73. The quantitative estimate of drug-likeness (QED) is 0.465. The average molecular weight is 174 g/mol. The number of carbonyl (C=O) groups is 1. The van der Waals surface area contributed by atoms with Gasteiger partial charge in [0.1, 0.15) is 7.85 Å². The topological polar surface area (TPSA) is 17.1 Å². The van der Waals surface area contributed by atoms with Gasteiger partial charge in [0, 0.05) is 4.70 Å². The van der Waals surface area contributed by atoms with E-state index in [4.69, 9.17) is 0 Å². The van der Waals surface area contributed by atoms with Gasteiger partial charge >= 0.3 is 0 Å². The largest absolute Gasteiger partial charge is 0.297 e. The molecule has 0 unspecified atom stereocenters. The van der Waals surface area contributed by atoms with Gasteiger partial charge in [-0.15, -0.1) is 11.3 Å². The minimum atomic E-state index is 0.801. The van der Waals surface area contributed by atoms with Crippen LogP contribution in [0.4, 0.5) is 0 Å². The Morgan fingerprint density at radius 2 is 2.17 bits per heavy atom. The predicted molar refractivity (Wildman–Crippen MR) is 55.4 cm³/mol. The van der Waals surface area contributed by atoms with E-state index in [1.807, 2.05) is 12.1 Å². The number of hydrogen-bond acceptors (Lipinski definition) is 2. The van der Waals surface area contributed by atoms with Gasteiger partial charge in [-0.2, -0.15) is 0 Å². The molecule has 0 bridgehead atoms. The summed E-state index contributed by atoms with van der Waals surface area (Å²) in [7, 11) is 2.06. The van der Waals surface area contributed by atoms with Crippen molar-refractivity contribution < 1.29 is 4.79 Å². The molecule has 0 aliphatic rings. The van der Waals surface area contributed by atoms with E-state index in [0.29, 0.717) is 0 Å². The Hall–Kier alpha value is -1.09. The van der Waals surface area contributed by atoms with Crippen molar-refractivity contribution >= 4 is 41.0 Å². The van der Waals surface area contributed by atoms with Crippen LogP contribution in [0.15, 0.2) is 24.3 Å². The first-order valence-electron chi connectivity index (χ1n) is 3.75. The van der Waals surface area contributed by atoms with Crippen LogP contribution in [0.25, 0.3) is 10.1 Å². The van der Waals surface area contributed by atoms with Gasteiger partial charge in [-0.1, -0.05) is 23.7 Å². The summed E-state index contributed by atoms with van der Waals surface area (Å²) in [6, 6.07) is 8.14. The zero-order valence-electron chi connectivity index (χ0n) is 6.70. The van der Waals surface area contributed by atoms with Crippen LogP contribution in [0.2, 0.25) is 0 Å². The summed E-state index contributed by atoms with van der Waals surface area (Å²) in [4.78, 5) is 11.3. The molecule has 3 heteroatoms. The van der Waals surface area contributed by atoms with Crippen molar-refractivity contribution in [3.8, 4) is 0 Å². The lowest BCUT2D eigenvalue weighted by Gasteiger charge is -1.89. The van der Waals surface area contributed by atoms with Crippen LogP contribution in [-0.4, -0.2) is 14.1 Å². The maximum atomic E-state index is 10.5. The second-order valence-electron chi connectivity index (χ2n) is 2.81. The zero-order chi connectivity index (χ0) is 8.55. The third kappa shape index (κ3) is 1.16. The summed E-state index contributed by atoms with van der Waals surface area (Å²) in [5.41, 5.74) is 1.24. The molecule has 0 saturated heterocycles. The van der Waals surface area contributed by atoms with Crippen LogP contribution >= 0.6 is 11.3 Å². The molecule has 1 aromatic carbocycles. The highest BCUT2D eigenvalue weighted by atomic mass is 32.1. The van der Waals surface area contributed by atoms with Crippen molar-refractivity contribution in [2.24, 2.45) is 0 Å². The van der Waals surface area contributed by atoms with Crippen molar-refractivity contribution in [2.75, 3.05) is 0 Å². The van der Waals surface area contributed by atoms with Crippen LogP contribution in [0.3, 0.4) is 0 Å². The van der Waals surface area contributed by atoms with Crippen molar-refractivity contribution in [1.29, 1.82) is 0 Å². The third-order valence-corrected chi connectivity index (χ3v) is 2.83. The fourth-order valence-electron chi connectivity index (χ4n) is 1.22. The Bertz CT molecular complexity index is 433. The van der Waals surface area contributed by atoms with Gasteiger partial charge in [0.05, 0.1) is 4.88 Å². The fraction of sp³-hybridized carbons (Fsp3) is 0. The summed E-state index contributed by atoms with van der Waals surface area (Å²) in [5, 5.41) is 1.16. The summed E-state index contributed by atoms with van der Waals surface area (Å²) in [5.74, 6) is 0. The van der Waals surface area contributed by atoms with E-state index in [-0.39, 0.29) is 0 Å². The third-order valence-electron chi connectivity index (χ3n) is 1.81. The number of carbonyl (C=O) groups excluding carboxylic acids is 1. The van der Waals surface area contributed by atoms with Crippen LogP contribution in [-0.2, 0) is 0 Å². The molecule has 58 valence electrons. The van der Waals surface area contributed by atoms with E-state index in [1.54, 1.807) is 11.3 Å². The summed E-state index contributed by atoms with van der Waals surface area (Å²) in [6.07, 6.45) is 0.903. The highest BCUT2D eigenvalue weighted by Gasteiger charge is 1.99. The van der Waals surface area contributed by atoms with Gasteiger partial charge in [0.25, 0.3) is 0 Å². The molecule has 0 radical (unpaired) electrons. The van der Waals surface area contributed by atoms with Crippen molar-refractivity contribution in [2.45, 2.75) is 0 Å². The number of fused-ring (bicyclic) bond motifs is 1. The normalized spacial score (nSPS) is 10.3. The Morgan fingerprint density at radius 3 is 2.92 bits per heavy atom. The van der Waals surface area contributed by atoms with E-state index >= 15 is 0 Å². The first-order valence-corrected chi connectivity index (χ1v) is 4.56. The number of aldehydes is 1. The van der Waals surface area contributed by atoms with Gasteiger partial charge in [-0.3, -0.25) is 4.79 Å². The number of benzene rings is 1. The molecule has 0 saturated carbocycles. The molecule has 0 atom stereocenters. The van der Waals surface area contributed by atoms with Crippen molar-refractivity contribution in [3.63, 3.8) is 0 Å². The van der Waals surface area contributed by atoms with Crippen molar-refractivity contribution in [1.82, 2.24) is 0 Å². The molecule has 2 rings (SSSR count). The van der Waals surface area contributed by atoms with E-state index in [9.17, 15) is 4.79 Å². The highest BCUT2D eigenvalue weighted by molar-refractivity contribution is 7.20. The minimum Gasteiger partial charge on any atom is -0.297 e. The van der Waals surface area contributed by atoms with Gasteiger partial charge in [0.15, 0.2) is 6.29 Å². The monoisotopic (exact) mass is 174 g/mol. The van der Waals surface area contributed by atoms with Gasteiger partial charge < -0.3 is 0 Å². The molecule has 1 heterocycles. The molecule has 12 heavy (non-hydrogen) atoms. The Balaban J connectivity index is 2.75. The first kappa shape index (κ1) is 7.56. The lowest BCUT2D eigenvalue weighted by atomic mass is 9.96. The van der Waals surface area contributed by atoms with E-state index in [2.05, 4.69) is 20.0 Å². The van der Waals surface area contributed by atoms with Crippen LogP contribution < -0.4 is 5.46 Å². The summed E-state index contributed by atoms with van der Waals surface area (Å²) < 4.78 is 1.19. The standard InChI is InChI=1S/C9H7BOS/c10-7-2-1-6-3-8(5-11)12-9(6)4-7/h1-5H,10H2. The van der Waals surface area contributed by atoms with E-state index in [1.165, 1.54) is 10.2 Å². The Labute approximate surface area is 75.4 Å². The number of rotatable bonds is 1. The maximum absolute atomic E-state index is 10.5. The molecular weight excluding hydrogens is 167 g/mol. The summed E-state index contributed by atoms with van der Waals surface area (Å²) >= 11 is 1.54. The molecule has 2 aromatic rings. The predicted octanol–water partition coefficient (Wildman–Crippen LogP) is 0.972. The number of hydrogen-bond donors (Lipinski definition) is 0. The molecule has 0 amide bonds. The molecular formula is C9H7BOS. The smallest absolute Gasteiger partial charge is 0.160 e. The van der Waals surface area contributed by atoms with Crippen LogP contribution in [0, 0.1) is 0 Å². The van der Waals surface area contributed by atoms with E-state index < -0.39 is 0 Å². The minimum absolute atomic E-state index is 0.801. The molecule has 0 aliphatic heterocycles. The molecule has 1 aromatic heterocycles. The van der Waals surface area contributed by atoms with Gasteiger partial charge in [0.2, 0.25) is 0 Å².